The predicted molar refractivity (Wildman–Crippen MR) is 98.1 cm³/mol. The van der Waals surface area contributed by atoms with Crippen molar-refractivity contribution in [2.24, 2.45) is 0 Å². The Bertz CT molecular complexity index is 869. The zero-order valence-electron chi connectivity index (χ0n) is 14.8. The van der Waals surface area contributed by atoms with Crippen LogP contribution in [0.15, 0.2) is 59.0 Å². The van der Waals surface area contributed by atoms with Gasteiger partial charge in [-0.25, -0.2) is 4.98 Å². The summed E-state index contributed by atoms with van der Waals surface area (Å²) in [5, 5.41) is 9.06. The topological polar surface area (TPSA) is 72.6 Å². The zero-order valence-corrected chi connectivity index (χ0v) is 14.8. The number of carboxylic acid groups (broad SMARTS) is 1. The van der Waals surface area contributed by atoms with Crippen molar-refractivity contribution >= 4 is 5.97 Å². The summed E-state index contributed by atoms with van der Waals surface area (Å²) in [5.74, 6) is 0.673. The highest BCUT2D eigenvalue weighted by Crippen LogP contribution is 2.24. The van der Waals surface area contributed by atoms with Crippen LogP contribution in [0.1, 0.15) is 36.8 Å². The molecule has 3 rings (SSSR count). The molecule has 0 fully saturated rings. The number of aromatic nitrogens is 1. The van der Waals surface area contributed by atoms with Crippen LogP contribution in [0.4, 0.5) is 0 Å². The standard InChI is InChI=1S/C21H21NO4/c1-3-19-18(22-20(26-19)16-7-5-4-6-8-16)13-25-17-11-9-15(10-12-17)14(2)21(23)24/h4-12,14H,3,13H2,1-2H3,(H,23,24). The van der Waals surface area contributed by atoms with E-state index in [2.05, 4.69) is 4.98 Å². The molecule has 0 amide bonds. The lowest BCUT2D eigenvalue weighted by molar-refractivity contribution is -0.138. The molecule has 1 heterocycles. The van der Waals surface area contributed by atoms with Gasteiger partial charge in [0.25, 0.3) is 0 Å². The Balaban J connectivity index is 1.71. The van der Waals surface area contributed by atoms with Gasteiger partial charge in [-0.15, -0.1) is 0 Å². The number of benzene rings is 2. The molecular formula is C21H21NO4. The van der Waals surface area contributed by atoms with Crippen molar-refractivity contribution < 1.29 is 19.1 Å². The smallest absolute Gasteiger partial charge is 0.310 e. The first-order chi connectivity index (χ1) is 12.6. The number of rotatable bonds is 7. The lowest BCUT2D eigenvalue weighted by Gasteiger charge is -2.09. The summed E-state index contributed by atoms with van der Waals surface area (Å²) in [6.07, 6.45) is 0.730. The molecule has 2 aromatic carbocycles. The van der Waals surface area contributed by atoms with Crippen molar-refractivity contribution in [3.63, 3.8) is 0 Å². The highest BCUT2D eigenvalue weighted by atomic mass is 16.5. The maximum Gasteiger partial charge on any atom is 0.310 e. The van der Waals surface area contributed by atoms with Gasteiger partial charge in [-0.2, -0.15) is 0 Å². The Morgan fingerprint density at radius 2 is 1.85 bits per heavy atom. The number of aryl methyl sites for hydroxylation is 1. The second-order valence-corrected chi connectivity index (χ2v) is 6.03. The van der Waals surface area contributed by atoms with E-state index < -0.39 is 11.9 Å². The molecule has 3 aromatic rings. The number of oxazole rings is 1. The molecule has 1 atom stereocenters. The number of nitrogens with zero attached hydrogens (tertiary/aromatic N) is 1. The van der Waals surface area contributed by atoms with Crippen molar-refractivity contribution in [3.8, 4) is 17.2 Å². The van der Waals surface area contributed by atoms with Crippen molar-refractivity contribution in [1.29, 1.82) is 0 Å². The third kappa shape index (κ3) is 3.94. The van der Waals surface area contributed by atoms with E-state index in [0.29, 0.717) is 18.2 Å². The van der Waals surface area contributed by atoms with Crippen molar-refractivity contribution in [2.75, 3.05) is 0 Å². The fourth-order valence-corrected chi connectivity index (χ4v) is 2.62. The van der Waals surface area contributed by atoms with E-state index in [1.807, 2.05) is 37.3 Å². The van der Waals surface area contributed by atoms with E-state index in [0.717, 1.165) is 29.0 Å². The predicted octanol–water partition coefficient (Wildman–Crippen LogP) is 4.67. The molecule has 26 heavy (non-hydrogen) atoms. The second kappa shape index (κ2) is 7.87. The maximum atomic E-state index is 11.0. The van der Waals surface area contributed by atoms with Crippen LogP contribution in [-0.4, -0.2) is 16.1 Å². The van der Waals surface area contributed by atoms with Gasteiger partial charge >= 0.3 is 5.97 Å². The van der Waals surface area contributed by atoms with Crippen LogP contribution in [0.2, 0.25) is 0 Å². The minimum Gasteiger partial charge on any atom is -0.487 e. The summed E-state index contributed by atoms with van der Waals surface area (Å²) >= 11 is 0. The number of hydrogen-bond acceptors (Lipinski definition) is 4. The second-order valence-electron chi connectivity index (χ2n) is 6.03. The van der Waals surface area contributed by atoms with Gasteiger partial charge in [0.05, 0.1) is 5.92 Å². The molecule has 0 saturated heterocycles. The molecule has 0 aliphatic rings. The van der Waals surface area contributed by atoms with E-state index in [-0.39, 0.29) is 0 Å². The Morgan fingerprint density at radius 3 is 2.46 bits per heavy atom. The molecule has 0 radical (unpaired) electrons. The Labute approximate surface area is 152 Å². The molecule has 1 aromatic heterocycles. The van der Waals surface area contributed by atoms with E-state index in [1.165, 1.54) is 0 Å². The average Bonchev–Trinajstić information content (AvgIpc) is 3.10. The van der Waals surface area contributed by atoms with Crippen LogP contribution in [0.25, 0.3) is 11.5 Å². The third-order valence-corrected chi connectivity index (χ3v) is 4.25. The van der Waals surface area contributed by atoms with E-state index >= 15 is 0 Å². The molecule has 0 saturated carbocycles. The highest BCUT2D eigenvalue weighted by Gasteiger charge is 2.15. The van der Waals surface area contributed by atoms with Crippen molar-refractivity contribution in [1.82, 2.24) is 4.98 Å². The number of ether oxygens (including phenoxy) is 1. The van der Waals surface area contributed by atoms with E-state index in [4.69, 9.17) is 14.3 Å². The number of carbonyl (C=O) groups is 1. The first-order valence-corrected chi connectivity index (χ1v) is 8.58. The summed E-state index contributed by atoms with van der Waals surface area (Å²) in [6.45, 7) is 3.97. The van der Waals surface area contributed by atoms with Gasteiger partial charge < -0.3 is 14.3 Å². The zero-order chi connectivity index (χ0) is 18.5. The summed E-state index contributed by atoms with van der Waals surface area (Å²) < 4.78 is 11.7. The van der Waals surface area contributed by atoms with Crippen LogP contribution in [0, 0.1) is 0 Å². The van der Waals surface area contributed by atoms with Crippen LogP contribution in [0.5, 0.6) is 5.75 Å². The molecule has 1 N–H and O–H groups in total. The Hall–Kier alpha value is -3.08. The Morgan fingerprint density at radius 1 is 1.15 bits per heavy atom. The Kier molecular flexibility index (Phi) is 5.37. The third-order valence-electron chi connectivity index (χ3n) is 4.25. The first kappa shape index (κ1) is 17.7. The largest absolute Gasteiger partial charge is 0.487 e. The molecular weight excluding hydrogens is 330 g/mol. The summed E-state index contributed by atoms with van der Waals surface area (Å²) in [6, 6.07) is 16.8. The molecule has 5 nitrogen and oxygen atoms in total. The molecule has 0 spiro atoms. The maximum absolute atomic E-state index is 11.0. The lowest BCUT2D eigenvalue weighted by atomic mass is 10.0. The molecule has 1 unspecified atom stereocenters. The van der Waals surface area contributed by atoms with Gasteiger partial charge in [-0.1, -0.05) is 37.3 Å². The summed E-state index contributed by atoms with van der Waals surface area (Å²) in [7, 11) is 0. The van der Waals surface area contributed by atoms with Gasteiger partial charge in [0.1, 0.15) is 23.8 Å². The van der Waals surface area contributed by atoms with E-state index in [1.54, 1.807) is 31.2 Å². The average molecular weight is 351 g/mol. The summed E-state index contributed by atoms with van der Waals surface area (Å²) in [5.41, 5.74) is 2.45. The van der Waals surface area contributed by atoms with Crippen LogP contribution in [0.3, 0.4) is 0 Å². The minimum absolute atomic E-state index is 0.299. The fourth-order valence-electron chi connectivity index (χ4n) is 2.62. The molecule has 0 bridgehead atoms. The van der Waals surface area contributed by atoms with Crippen LogP contribution >= 0.6 is 0 Å². The monoisotopic (exact) mass is 351 g/mol. The van der Waals surface area contributed by atoms with Gasteiger partial charge in [0, 0.05) is 12.0 Å². The van der Waals surface area contributed by atoms with Crippen molar-refractivity contribution in [3.05, 3.63) is 71.6 Å². The van der Waals surface area contributed by atoms with Gasteiger partial charge in [0.15, 0.2) is 0 Å². The minimum atomic E-state index is -0.845. The van der Waals surface area contributed by atoms with Gasteiger partial charge in [-0.05, 0) is 36.8 Å². The number of hydrogen-bond donors (Lipinski definition) is 1. The SMILES string of the molecule is CCc1oc(-c2ccccc2)nc1COc1ccc(C(C)C(=O)O)cc1. The summed E-state index contributed by atoms with van der Waals surface area (Å²) in [4.78, 5) is 15.6. The fraction of sp³-hybridized carbons (Fsp3) is 0.238. The highest BCUT2D eigenvalue weighted by molar-refractivity contribution is 5.75. The molecule has 0 aliphatic carbocycles. The van der Waals surface area contributed by atoms with Crippen LogP contribution < -0.4 is 4.74 Å². The molecule has 5 heteroatoms. The van der Waals surface area contributed by atoms with Gasteiger partial charge in [-0.3, -0.25) is 4.79 Å². The first-order valence-electron chi connectivity index (χ1n) is 8.58. The van der Waals surface area contributed by atoms with E-state index in [9.17, 15) is 4.79 Å². The number of carboxylic acids is 1. The number of aliphatic carboxylic acids is 1. The molecule has 0 aliphatic heterocycles. The molecule has 134 valence electrons. The normalized spacial score (nSPS) is 11.9. The van der Waals surface area contributed by atoms with Crippen molar-refractivity contribution in [2.45, 2.75) is 32.8 Å². The van der Waals surface area contributed by atoms with Gasteiger partial charge in [0.2, 0.25) is 5.89 Å². The van der Waals surface area contributed by atoms with Crippen LogP contribution in [-0.2, 0) is 17.8 Å². The quantitative estimate of drug-likeness (QED) is 0.669. The lowest BCUT2D eigenvalue weighted by Crippen LogP contribution is -2.07.